The van der Waals surface area contributed by atoms with E-state index in [9.17, 15) is 0 Å². The van der Waals surface area contributed by atoms with Gasteiger partial charge in [0.05, 0.1) is 14.2 Å². The zero-order valence-electron chi connectivity index (χ0n) is 13.9. The van der Waals surface area contributed by atoms with Gasteiger partial charge in [-0.1, -0.05) is 6.07 Å². The summed E-state index contributed by atoms with van der Waals surface area (Å²) in [6, 6.07) is 8.15. The molecule has 1 atom stereocenters. The lowest BCUT2D eigenvalue weighted by atomic mass is 9.93. The van der Waals surface area contributed by atoms with Crippen LogP contribution in [0.2, 0.25) is 0 Å². The van der Waals surface area contributed by atoms with Gasteiger partial charge in [0.2, 0.25) is 0 Å². The van der Waals surface area contributed by atoms with Crippen LogP contribution in [0.25, 0.3) is 0 Å². The van der Waals surface area contributed by atoms with Gasteiger partial charge >= 0.3 is 0 Å². The maximum absolute atomic E-state index is 5.52. The van der Waals surface area contributed by atoms with Crippen LogP contribution >= 0.6 is 0 Å². The SMILES string of the molecule is COc1ccc(CN2CCC[C@@H](Cc3ccn[nH]3)C2)c(OC)c1. The molecule has 0 saturated carbocycles. The van der Waals surface area contributed by atoms with Crippen molar-refractivity contribution in [1.29, 1.82) is 0 Å². The Morgan fingerprint density at radius 1 is 1.26 bits per heavy atom. The third-order valence-electron chi connectivity index (χ3n) is 4.56. The van der Waals surface area contributed by atoms with Gasteiger partial charge in [-0.05, 0) is 43.9 Å². The first-order valence-corrected chi connectivity index (χ1v) is 8.20. The van der Waals surface area contributed by atoms with Gasteiger partial charge in [0.1, 0.15) is 11.5 Å². The number of aromatic amines is 1. The largest absolute Gasteiger partial charge is 0.497 e. The van der Waals surface area contributed by atoms with Crippen molar-refractivity contribution >= 4 is 0 Å². The average molecular weight is 315 g/mol. The number of piperidine rings is 1. The highest BCUT2D eigenvalue weighted by atomic mass is 16.5. The first-order valence-electron chi connectivity index (χ1n) is 8.20. The summed E-state index contributed by atoms with van der Waals surface area (Å²) < 4.78 is 10.8. The second-order valence-corrected chi connectivity index (χ2v) is 6.21. The third-order valence-corrected chi connectivity index (χ3v) is 4.56. The number of rotatable bonds is 6. The van der Waals surface area contributed by atoms with Crippen molar-refractivity contribution in [2.45, 2.75) is 25.8 Å². The minimum atomic E-state index is 0.688. The fourth-order valence-electron chi connectivity index (χ4n) is 3.39. The molecule has 5 nitrogen and oxygen atoms in total. The minimum Gasteiger partial charge on any atom is -0.497 e. The Bertz CT molecular complexity index is 613. The number of methoxy groups -OCH3 is 2. The summed E-state index contributed by atoms with van der Waals surface area (Å²) in [7, 11) is 3.40. The van der Waals surface area contributed by atoms with Gasteiger partial charge in [-0.25, -0.2) is 0 Å². The van der Waals surface area contributed by atoms with E-state index in [1.54, 1.807) is 14.2 Å². The van der Waals surface area contributed by atoms with Gasteiger partial charge in [0, 0.05) is 36.6 Å². The number of benzene rings is 1. The van der Waals surface area contributed by atoms with Gasteiger partial charge < -0.3 is 9.47 Å². The van der Waals surface area contributed by atoms with Crippen molar-refractivity contribution in [3.05, 3.63) is 41.7 Å². The fourth-order valence-corrected chi connectivity index (χ4v) is 3.39. The molecule has 1 aliphatic rings. The van der Waals surface area contributed by atoms with E-state index in [-0.39, 0.29) is 0 Å². The summed E-state index contributed by atoms with van der Waals surface area (Å²) in [5, 5.41) is 7.12. The summed E-state index contributed by atoms with van der Waals surface area (Å²) in [4.78, 5) is 2.52. The maximum Gasteiger partial charge on any atom is 0.127 e. The molecule has 0 bridgehead atoms. The number of aromatic nitrogens is 2. The van der Waals surface area contributed by atoms with Gasteiger partial charge in [0.15, 0.2) is 0 Å². The molecule has 1 fully saturated rings. The van der Waals surface area contributed by atoms with Crippen LogP contribution in [0.1, 0.15) is 24.1 Å². The van der Waals surface area contributed by atoms with Gasteiger partial charge in [0.25, 0.3) is 0 Å². The molecule has 0 spiro atoms. The molecular formula is C18H25N3O2. The average Bonchev–Trinajstić information content (AvgIpc) is 3.08. The van der Waals surface area contributed by atoms with Gasteiger partial charge in [-0.3, -0.25) is 10.00 Å². The number of ether oxygens (including phenoxy) is 2. The fraction of sp³-hybridized carbons (Fsp3) is 0.500. The van der Waals surface area contributed by atoms with Crippen LogP contribution < -0.4 is 9.47 Å². The molecule has 1 aromatic heterocycles. The molecule has 0 aliphatic carbocycles. The molecule has 5 heteroatoms. The lowest BCUT2D eigenvalue weighted by Crippen LogP contribution is -2.35. The number of nitrogens with one attached hydrogen (secondary N) is 1. The molecule has 0 radical (unpaired) electrons. The van der Waals surface area contributed by atoms with Crippen molar-refractivity contribution in [1.82, 2.24) is 15.1 Å². The summed E-state index contributed by atoms with van der Waals surface area (Å²) in [6.07, 6.45) is 5.45. The topological polar surface area (TPSA) is 50.4 Å². The predicted molar refractivity (Wildman–Crippen MR) is 89.8 cm³/mol. The molecule has 0 amide bonds. The molecule has 1 aromatic carbocycles. The van der Waals surface area contributed by atoms with Crippen molar-refractivity contribution < 1.29 is 9.47 Å². The Morgan fingerprint density at radius 2 is 2.17 bits per heavy atom. The van der Waals surface area contributed by atoms with Crippen LogP contribution in [-0.4, -0.2) is 42.4 Å². The van der Waals surface area contributed by atoms with E-state index in [0.717, 1.165) is 37.6 Å². The van der Waals surface area contributed by atoms with E-state index in [1.165, 1.54) is 24.1 Å². The summed E-state index contributed by atoms with van der Waals surface area (Å²) >= 11 is 0. The highest BCUT2D eigenvalue weighted by molar-refractivity contribution is 5.40. The summed E-state index contributed by atoms with van der Waals surface area (Å²) in [5.74, 6) is 2.43. The minimum absolute atomic E-state index is 0.688. The number of hydrogen-bond acceptors (Lipinski definition) is 4. The Balaban J connectivity index is 1.63. The highest BCUT2D eigenvalue weighted by Crippen LogP contribution is 2.28. The van der Waals surface area contributed by atoms with Crippen LogP contribution in [0.5, 0.6) is 11.5 Å². The van der Waals surface area contributed by atoms with E-state index in [2.05, 4.69) is 27.2 Å². The monoisotopic (exact) mass is 315 g/mol. The van der Waals surface area contributed by atoms with E-state index in [4.69, 9.17) is 9.47 Å². The van der Waals surface area contributed by atoms with Crippen molar-refractivity contribution in [2.24, 2.45) is 5.92 Å². The molecule has 124 valence electrons. The molecule has 2 aromatic rings. The van der Waals surface area contributed by atoms with Gasteiger partial charge in [-0.15, -0.1) is 0 Å². The lowest BCUT2D eigenvalue weighted by Gasteiger charge is -2.33. The maximum atomic E-state index is 5.52. The van der Waals surface area contributed by atoms with Crippen LogP contribution in [0, 0.1) is 5.92 Å². The van der Waals surface area contributed by atoms with Crippen molar-refractivity contribution in [2.75, 3.05) is 27.3 Å². The molecule has 1 aliphatic heterocycles. The Labute approximate surface area is 137 Å². The molecule has 0 unspecified atom stereocenters. The van der Waals surface area contributed by atoms with Crippen molar-refractivity contribution in [3.63, 3.8) is 0 Å². The first-order chi connectivity index (χ1) is 11.3. The summed E-state index contributed by atoms with van der Waals surface area (Å²) in [6.45, 7) is 3.19. The lowest BCUT2D eigenvalue weighted by molar-refractivity contribution is 0.165. The normalized spacial score (nSPS) is 18.8. The van der Waals surface area contributed by atoms with Crippen LogP contribution in [0.4, 0.5) is 0 Å². The molecule has 2 heterocycles. The number of likely N-dealkylation sites (tertiary alicyclic amines) is 1. The highest BCUT2D eigenvalue weighted by Gasteiger charge is 2.21. The molecule has 1 saturated heterocycles. The molecule has 23 heavy (non-hydrogen) atoms. The smallest absolute Gasteiger partial charge is 0.127 e. The third kappa shape index (κ3) is 4.05. The van der Waals surface area contributed by atoms with E-state index >= 15 is 0 Å². The van der Waals surface area contributed by atoms with E-state index in [1.807, 2.05) is 18.3 Å². The van der Waals surface area contributed by atoms with E-state index < -0.39 is 0 Å². The number of H-pyrrole nitrogens is 1. The summed E-state index contributed by atoms with van der Waals surface area (Å²) in [5.41, 5.74) is 2.45. The number of hydrogen-bond donors (Lipinski definition) is 1. The first kappa shape index (κ1) is 15.9. The predicted octanol–water partition coefficient (Wildman–Crippen LogP) is 2.88. The van der Waals surface area contributed by atoms with Crippen LogP contribution in [0.15, 0.2) is 30.5 Å². The number of nitrogens with zero attached hydrogens (tertiary/aromatic N) is 2. The van der Waals surface area contributed by atoms with E-state index in [0.29, 0.717) is 5.92 Å². The van der Waals surface area contributed by atoms with Crippen LogP contribution in [-0.2, 0) is 13.0 Å². The zero-order chi connectivity index (χ0) is 16.1. The quantitative estimate of drug-likeness (QED) is 0.890. The Kier molecular flexibility index (Phi) is 5.18. The molecular weight excluding hydrogens is 290 g/mol. The second-order valence-electron chi connectivity index (χ2n) is 6.21. The molecule has 3 rings (SSSR count). The van der Waals surface area contributed by atoms with Crippen molar-refractivity contribution in [3.8, 4) is 11.5 Å². The van der Waals surface area contributed by atoms with Crippen LogP contribution in [0.3, 0.4) is 0 Å². The standard InChI is InChI=1S/C18H25N3O2/c1-22-17-6-5-15(18(11-17)23-2)13-21-9-3-4-14(12-21)10-16-7-8-19-20-16/h5-8,11,14H,3-4,9-10,12-13H2,1-2H3,(H,19,20)/t14-/m0/s1. The molecule has 1 N–H and O–H groups in total. The second kappa shape index (κ2) is 7.51. The zero-order valence-corrected chi connectivity index (χ0v) is 13.9. The Morgan fingerprint density at radius 3 is 2.91 bits per heavy atom. The Hall–Kier alpha value is -2.01. The van der Waals surface area contributed by atoms with Gasteiger partial charge in [-0.2, -0.15) is 5.10 Å².